The number of rotatable bonds is 6. The van der Waals surface area contributed by atoms with E-state index in [1.165, 1.54) is 11.6 Å². The van der Waals surface area contributed by atoms with E-state index in [1.54, 1.807) is 6.07 Å². The standard InChI is InChI=1S/C27H28F2N2/c28-22-11-12-23(24(29)17-22)25(20-9-5-2-6-10-20)27-26(21-13-15-31(27)16-14-21)30-18-19-7-3-1-4-8-19/h1-12,17,21,25-27,30H,13-16,18H2/t25-,26-,27-/m1/s1. The number of hydrogen-bond donors (Lipinski definition) is 1. The van der Waals surface area contributed by atoms with Crippen molar-refractivity contribution in [2.45, 2.75) is 37.4 Å². The maximum atomic E-state index is 15.1. The fraction of sp³-hybridized carbons (Fsp3) is 0.333. The molecule has 0 aliphatic carbocycles. The van der Waals surface area contributed by atoms with Gasteiger partial charge in [0.25, 0.3) is 0 Å². The topological polar surface area (TPSA) is 15.3 Å². The largest absolute Gasteiger partial charge is 0.308 e. The Bertz CT molecular complexity index is 1000. The van der Waals surface area contributed by atoms with Crippen LogP contribution in [-0.2, 0) is 6.54 Å². The molecule has 3 aliphatic rings. The second-order valence-corrected chi connectivity index (χ2v) is 8.81. The molecule has 4 heteroatoms. The van der Waals surface area contributed by atoms with Gasteiger partial charge in [-0.1, -0.05) is 66.7 Å². The smallest absolute Gasteiger partial charge is 0.129 e. The van der Waals surface area contributed by atoms with Gasteiger partial charge in [0.2, 0.25) is 0 Å². The highest BCUT2D eigenvalue weighted by molar-refractivity contribution is 5.37. The molecule has 3 aliphatic heterocycles. The van der Waals surface area contributed by atoms with Crippen molar-refractivity contribution < 1.29 is 8.78 Å². The van der Waals surface area contributed by atoms with Crippen LogP contribution < -0.4 is 5.32 Å². The summed E-state index contributed by atoms with van der Waals surface area (Å²) in [5, 5.41) is 3.83. The van der Waals surface area contributed by atoms with Crippen molar-refractivity contribution in [2.24, 2.45) is 5.92 Å². The van der Waals surface area contributed by atoms with Gasteiger partial charge in [0.05, 0.1) is 0 Å². The van der Waals surface area contributed by atoms with Crippen LogP contribution in [0.5, 0.6) is 0 Å². The van der Waals surface area contributed by atoms with Crippen LogP contribution in [0.4, 0.5) is 8.78 Å². The van der Waals surface area contributed by atoms with Crippen LogP contribution in [-0.4, -0.2) is 30.1 Å². The summed E-state index contributed by atoms with van der Waals surface area (Å²) >= 11 is 0. The molecule has 3 atom stereocenters. The Hall–Kier alpha value is -2.56. The van der Waals surface area contributed by atoms with Crippen molar-refractivity contribution >= 4 is 0 Å². The maximum absolute atomic E-state index is 15.1. The highest BCUT2D eigenvalue weighted by Gasteiger charge is 2.46. The highest BCUT2D eigenvalue weighted by Crippen LogP contribution is 2.42. The van der Waals surface area contributed by atoms with Gasteiger partial charge >= 0.3 is 0 Å². The SMILES string of the molecule is Fc1ccc([C@@H](c2ccccc2)[C@@H]2[C@H](NCc3ccccc3)C3CCN2CC3)c(F)c1. The van der Waals surface area contributed by atoms with Gasteiger partial charge in [0.15, 0.2) is 0 Å². The Morgan fingerprint density at radius 1 is 0.871 bits per heavy atom. The average molecular weight is 419 g/mol. The molecule has 1 N–H and O–H groups in total. The first-order chi connectivity index (χ1) is 15.2. The van der Waals surface area contributed by atoms with Gasteiger partial charge in [-0.3, -0.25) is 4.90 Å². The van der Waals surface area contributed by atoms with Crippen molar-refractivity contribution in [3.8, 4) is 0 Å². The summed E-state index contributed by atoms with van der Waals surface area (Å²) in [7, 11) is 0. The summed E-state index contributed by atoms with van der Waals surface area (Å²) < 4.78 is 28.8. The van der Waals surface area contributed by atoms with Crippen LogP contribution in [0.1, 0.15) is 35.4 Å². The Balaban J connectivity index is 1.54. The fourth-order valence-corrected chi connectivity index (χ4v) is 5.59. The molecular weight excluding hydrogens is 390 g/mol. The van der Waals surface area contributed by atoms with Crippen molar-refractivity contribution in [1.82, 2.24) is 10.2 Å². The Morgan fingerprint density at radius 3 is 2.23 bits per heavy atom. The van der Waals surface area contributed by atoms with Crippen LogP contribution in [0, 0.1) is 17.6 Å². The van der Waals surface area contributed by atoms with E-state index in [1.807, 2.05) is 24.3 Å². The second kappa shape index (κ2) is 8.89. The average Bonchev–Trinajstić information content (AvgIpc) is 2.82. The quantitative estimate of drug-likeness (QED) is 0.581. The predicted molar refractivity (Wildman–Crippen MR) is 120 cm³/mol. The number of hydrogen-bond acceptors (Lipinski definition) is 2. The zero-order valence-corrected chi connectivity index (χ0v) is 17.6. The second-order valence-electron chi connectivity index (χ2n) is 8.81. The number of halogens is 2. The minimum Gasteiger partial charge on any atom is -0.308 e. The molecule has 0 saturated carbocycles. The van der Waals surface area contributed by atoms with E-state index in [4.69, 9.17) is 0 Å². The van der Waals surface area contributed by atoms with E-state index in [9.17, 15) is 4.39 Å². The number of benzene rings is 3. The third kappa shape index (κ3) is 4.15. The predicted octanol–water partition coefficient (Wildman–Crippen LogP) is 5.35. The Morgan fingerprint density at radius 2 is 1.55 bits per heavy atom. The Labute approximate surface area is 182 Å². The minimum absolute atomic E-state index is 0.124. The first kappa shape index (κ1) is 20.3. The van der Waals surface area contributed by atoms with Crippen LogP contribution in [0.3, 0.4) is 0 Å². The van der Waals surface area contributed by atoms with Crippen LogP contribution in [0.15, 0.2) is 78.9 Å². The van der Waals surface area contributed by atoms with Crippen LogP contribution >= 0.6 is 0 Å². The maximum Gasteiger partial charge on any atom is 0.129 e. The summed E-state index contributed by atoms with van der Waals surface area (Å²) in [5.41, 5.74) is 2.91. The molecule has 3 fully saturated rings. The summed E-state index contributed by atoms with van der Waals surface area (Å²) in [6.45, 7) is 2.86. The molecule has 3 aromatic carbocycles. The van der Waals surface area contributed by atoms with Gasteiger partial charge in [-0.05, 0) is 54.6 Å². The summed E-state index contributed by atoms with van der Waals surface area (Å²) in [6.07, 6.45) is 2.33. The molecule has 0 unspecified atom stereocenters. The van der Waals surface area contributed by atoms with E-state index in [2.05, 4.69) is 46.6 Å². The molecule has 0 aromatic heterocycles. The van der Waals surface area contributed by atoms with Crippen molar-refractivity contribution in [3.05, 3.63) is 107 Å². The summed E-state index contributed by atoms with van der Waals surface area (Å²) in [5.74, 6) is -0.581. The molecule has 3 saturated heterocycles. The molecule has 31 heavy (non-hydrogen) atoms. The molecule has 0 spiro atoms. The summed E-state index contributed by atoms with van der Waals surface area (Å²) in [4.78, 5) is 2.52. The third-order valence-corrected chi connectivity index (χ3v) is 7.05. The molecule has 0 radical (unpaired) electrons. The Kier molecular flexibility index (Phi) is 5.84. The molecule has 3 heterocycles. The third-order valence-electron chi connectivity index (χ3n) is 7.05. The van der Waals surface area contributed by atoms with Gasteiger partial charge in [-0.2, -0.15) is 0 Å². The summed E-state index contributed by atoms with van der Waals surface area (Å²) in [6, 6.07) is 25.0. The van der Waals surface area contributed by atoms with Crippen LogP contribution in [0.25, 0.3) is 0 Å². The van der Waals surface area contributed by atoms with Gasteiger partial charge in [0.1, 0.15) is 11.6 Å². The van der Waals surface area contributed by atoms with Gasteiger partial charge < -0.3 is 5.32 Å². The molecule has 0 amide bonds. The van der Waals surface area contributed by atoms with Gasteiger partial charge in [0, 0.05) is 30.6 Å². The fourth-order valence-electron chi connectivity index (χ4n) is 5.59. The lowest BCUT2D eigenvalue weighted by Gasteiger charge is -2.54. The highest BCUT2D eigenvalue weighted by atomic mass is 19.1. The van der Waals surface area contributed by atoms with Gasteiger partial charge in [-0.15, -0.1) is 0 Å². The lowest BCUT2D eigenvalue weighted by atomic mass is 9.70. The first-order valence-electron chi connectivity index (χ1n) is 11.2. The zero-order valence-electron chi connectivity index (χ0n) is 17.6. The lowest BCUT2D eigenvalue weighted by molar-refractivity contribution is 0.00423. The molecule has 2 bridgehead atoms. The van der Waals surface area contributed by atoms with Crippen molar-refractivity contribution in [2.75, 3.05) is 13.1 Å². The molecule has 3 aromatic rings. The van der Waals surface area contributed by atoms with Crippen molar-refractivity contribution in [1.29, 1.82) is 0 Å². The molecular formula is C27H28F2N2. The van der Waals surface area contributed by atoms with E-state index < -0.39 is 11.6 Å². The number of piperidine rings is 3. The van der Waals surface area contributed by atoms with E-state index in [0.717, 1.165) is 44.1 Å². The molecule has 2 nitrogen and oxygen atoms in total. The van der Waals surface area contributed by atoms with E-state index in [-0.39, 0.29) is 18.0 Å². The molecule has 160 valence electrons. The molecule has 6 rings (SSSR count). The number of nitrogens with zero attached hydrogens (tertiary/aromatic N) is 1. The van der Waals surface area contributed by atoms with Crippen LogP contribution in [0.2, 0.25) is 0 Å². The van der Waals surface area contributed by atoms with Crippen molar-refractivity contribution in [3.63, 3.8) is 0 Å². The van der Waals surface area contributed by atoms with E-state index >= 15 is 4.39 Å². The van der Waals surface area contributed by atoms with Gasteiger partial charge in [-0.25, -0.2) is 8.78 Å². The van der Waals surface area contributed by atoms with E-state index in [0.29, 0.717) is 11.5 Å². The monoisotopic (exact) mass is 418 g/mol. The zero-order chi connectivity index (χ0) is 21.2. The first-order valence-corrected chi connectivity index (χ1v) is 11.2. The minimum atomic E-state index is -0.530. The number of nitrogens with one attached hydrogen (secondary N) is 1. The normalized spacial score (nSPS) is 26.0. The lowest BCUT2D eigenvalue weighted by Crippen LogP contribution is -2.64. The number of fused-ring (bicyclic) bond motifs is 3.